The highest BCUT2D eigenvalue weighted by Gasteiger charge is 2.31. The maximum Gasteiger partial charge on any atom is 0.180 e. The second kappa shape index (κ2) is 12.3. The number of likely N-dealkylation sites (tertiary alicyclic amines) is 1. The first-order valence-electron chi connectivity index (χ1n) is 13.6. The van der Waals surface area contributed by atoms with Gasteiger partial charge >= 0.3 is 0 Å². The molecule has 2 unspecified atom stereocenters. The molecule has 0 saturated carbocycles. The highest BCUT2D eigenvalue weighted by atomic mass is 35.5. The Hall–Kier alpha value is -3.06. The third kappa shape index (κ3) is 5.90. The second-order valence-electron chi connectivity index (χ2n) is 10.4. The third-order valence-corrected chi connectivity index (χ3v) is 8.39. The molecule has 0 radical (unpaired) electrons. The average Bonchev–Trinajstić information content (AvgIpc) is 3.56. The van der Waals surface area contributed by atoms with E-state index in [1.807, 2.05) is 16.7 Å². The number of benzene rings is 2. The molecule has 42 heavy (non-hydrogen) atoms. The number of hydrogen-bond donors (Lipinski definition) is 1. The Balaban J connectivity index is 1.19. The molecule has 4 heterocycles. The lowest BCUT2D eigenvalue weighted by Crippen LogP contribution is -2.38. The molecule has 6 rings (SSSR count). The maximum absolute atomic E-state index is 14.6. The van der Waals surface area contributed by atoms with Crippen molar-refractivity contribution in [1.29, 1.82) is 0 Å². The first-order chi connectivity index (χ1) is 20.3. The number of rotatable bonds is 9. The smallest absolute Gasteiger partial charge is 0.180 e. The SMILES string of the molecule is COC(O)c1ccc2nc(CN3CCC(c4ccc(F)c(COc5ccc(Cl)cc5F)n4)C3)n(C(=S)[C@@H]3CCO3)c2c1. The largest absolute Gasteiger partial charge is 0.484 e. The number of aliphatic hydroxyl groups excluding tert-OH is 1. The van der Waals surface area contributed by atoms with E-state index in [1.54, 1.807) is 12.1 Å². The van der Waals surface area contributed by atoms with Gasteiger partial charge in [-0.3, -0.25) is 14.5 Å². The van der Waals surface area contributed by atoms with Crippen LogP contribution in [0.25, 0.3) is 11.0 Å². The summed E-state index contributed by atoms with van der Waals surface area (Å²) in [6.45, 7) is 2.47. The van der Waals surface area contributed by atoms with Crippen LogP contribution in [0.1, 0.15) is 47.8 Å². The average molecular weight is 615 g/mol. The number of nitrogens with zero attached hydrogens (tertiary/aromatic N) is 4. The van der Waals surface area contributed by atoms with Gasteiger partial charge < -0.3 is 19.3 Å². The van der Waals surface area contributed by atoms with Gasteiger partial charge in [0.15, 0.2) is 17.9 Å². The van der Waals surface area contributed by atoms with Crippen molar-refractivity contribution in [1.82, 2.24) is 19.4 Å². The summed E-state index contributed by atoms with van der Waals surface area (Å²) in [5.74, 6) is -0.302. The molecule has 0 spiro atoms. The molecule has 2 aromatic carbocycles. The van der Waals surface area contributed by atoms with Gasteiger partial charge in [0.05, 0.1) is 24.2 Å². The molecule has 12 heteroatoms. The van der Waals surface area contributed by atoms with Crippen LogP contribution in [0.4, 0.5) is 8.78 Å². The quantitative estimate of drug-likeness (QED) is 0.195. The Labute approximate surface area is 251 Å². The summed E-state index contributed by atoms with van der Waals surface area (Å²) in [5, 5.41) is 10.5. The molecule has 1 N–H and O–H groups in total. The van der Waals surface area contributed by atoms with Crippen LogP contribution in [0.3, 0.4) is 0 Å². The van der Waals surface area contributed by atoms with Crippen LogP contribution in [-0.4, -0.2) is 62.4 Å². The van der Waals surface area contributed by atoms with E-state index in [9.17, 15) is 13.9 Å². The molecule has 220 valence electrons. The summed E-state index contributed by atoms with van der Waals surface area (Å²) in [4.78, 5) is 12.3. The summed E-state index contributed by atoms with van der Waals surface area (Å²) in [7, 11) is 1.44. The van der Waals surface area contributed by atoms with E-state index in [4.69, 9.17) is 43.0 Å². The Kier molecular flexibility index (Phi) is 8.49. The van der Waals surface area contributed by atoms with Crippen molar-refractivity contribution in [2.75, 3.05) is 26.8 Å². The van der Waals surface area contributed by atoms with E-state index >= 15 is 0 Å². The van der Waals surface area contributed by atoms with Crippen LogP contribution in [0.5, 0.6) is 5.75 Å². The zero-order chi connectivity index (χ0) is 29.4. The molecule has 0 amide bonds. The summed E-state index contributed by atoms with van der Waals surface area (Å²) in [6.07, 6.45) is 0.448. The van der Waals surface area contributed by atoms with Crippen molar-refractivity contribution < 1.29 is 28.1 Å². The molecule has 2 aliphatic rings. The molecule has 4 aromatic rings. The van der Waals surface area contributed by atoms with E-state index in [-0.39, 0.29) is 35.1 Å². The Morgan fingerprint density at radius 3 is 2.71 bits per heavy atom. The molecule has 2 aliphatic heterocycles. The van der Waals surface area contributed by atoms with Crippen LogP contribution in [0, 0.1) is 11.6 Å². The normalized spacial score (nSPS) is 19.6. The number of pyridine rings is 1. The Bertz CT molecular complexity index is 1630. The standard InChI is InChI=1S/C30H29ClF2N4O4S/c1-39-30(38)17-2-5-23-25(12-17)37(29(42)27-9-11-40-27)28(35-23)15-36-10-8-18(14-36)22-6-4-20(32)24(34-22)16-41-26-7-3-19(31)13-21(26)33/h2-7,12-13,18,27,30,38H,8-11,14-16H2,1H3/t18?,27-,30?/m0/s1. The van der Waals surface area contributed by atoms with E-state index < -0.39 is 17.9 Å². The third-order valence-electron chi connectivity index (χ3n) is 7.71. The summed E-state index contributed by atoms with van der Waals surface area (Å²) >= 11 is 11.6. The van der Waals surface area contributed by atoms with Crippen molar-refractivity contribution in [3.05, 3.63) is 88.0 Å². The van der Waals surface area contributed by atoms with E-state index in [1.165, 1.54) is 25.3 Å². The van der Waals surface area contributed by atoms with Crippen LogP contribution < -0.4 is 4.74 Å². The Morgan fingerprint density at radius 1 is 1.14 bits per heavy atom. The minimum Gasteiger partial charge on any atom is -0.484 e. The van der Waals surface area contributed by atoms with Crippen molar-refractivity contribution >= 4 is 39.8 Å². The molecule has 2 saturated heterocycles. The summed E-state index contributed by atoms with van der Waals surface area (Å²) < 4.78 is 46.9. The number of ether oxygens (including phenoxy) is 3. The lowest BCUT2D eigenvalue weighted by atomic mass is 10.0. The summed E-state index contributed by atoms with van der Waals surface area (Å²) in [5.41, 5.74) is 3.02. The number of halogens is 3. The fourth-order valence-electron chi connectivity index (χ4n) is 5.34. The molecule has 3 atom stereocenters. The van der Waals surface area contributed by atoms with Gasteiger partial charge in [-0.25, -0.2) is 13.8 Å². The van der Waals surface area contributed by atoms with Gasteiger partial charge in [-0.15, -0.1) is 0 Å². The van der Waals surface area contributed by atoms with E-state index in [0.29, 0.717) is 30.2 Å². The number of thiocarbonyl (C=S) groups is 1. The highest BCUT2D eigenvalue weighted by molar-refractivity contribution is 7.80. The van der Waals surface area contributed by atoms with Crippen LogP contribution >= 0.6 is 23.8 Å². The van der Waals surface area contributed by atoms with Crippen molar-refractivity contribution in [3.63, 3.8) is 0 Å². The summed E-state index contributed by atoms with van der Waals surface area (Å²) in [6, 6.07) is 12.6. The minimum atomic E-state index is -1.06. The molecule has 0 bridgehead atoms. The number of methoxy groups -OCH3 is 1. The monoisotopic (exact) mass is 614 g/mol. The Morgan fingerprint density at radius 2 is 1.98 bits per heavy atom. The van der Waals surface area contributed by atoms with E-state index in [0.717, 1.165) is 48.0 Å². The minimum absolute atomic E-state index is 0.0185. The second-order valence-corrected chi connectivity index (χ2v) is 11.3. The maximum atomic E-state index is 14.6. The molecular weight excluding hydrogens is 586 g/mol. The zero-order valence-corrected chi connectivity index (χ0v) is 24.4. The lowest BCUT2D eigenvalue weighted by molar-refractivity contribution is -0.0768. The van der Waals surface area contributed by atoms with Gasteiger partial charge in [0, 0.05) is 42.3 Å². The fraction of sp³-hybridized carbons (Fsp3) is 0.367. The van der Waals surface area contributed by atoms with E-state index in [2.05, 4.69) is 9.88 Å². The molecule has 2 fully saturated rings. The van der Waals surface area contributed by atoms with Crippen LogP contribution in [-0.2, 0) is 22.6 Å². The van der Waals surface area contributed by atoms with Crippen molar-refractivity contribution in [2.45, 2.75) is 44.3 Å². The number of hydrogen-bond acceptors (Lipinski definition) is 8. The number of imidazole rings is 1. The van der Waals surface area contributed by atoms with Gasteiger partial charge in [0.1, 0.15) is 35.0 Å². The topological polar surface area (TPSA) is 81.9 Å². The van der Waals surface area contributed by atoms with Gasteiger partial charge in [-0.05, 0) is 55.4 Å². The molecule has 2 aromatic heterocycles. The molecule has 8 nitrogen and oxygen atoms in total. The van der Waals surface area contributed by atoms with Gasteiger partial charge in [-0.2, -0.15) is 0 Å². The predicted octanol–water partition coefficient (Wildman–Crippen LogP) is 5.53. The van der Waals surface area contributed by atoms with Gasteiger partial charge in [-0.1, -0.05) is 29.9 Å². The van der Waals surface area contributed by atoms with Crippen molar-refractivity contribution in [2.24, 2.45) is 0 Å². The first kappa shape index (κ1) is 29.0. The van der Waals surface area contributed by atoms with Gasteiger partial charge in [0.2, 0.25) is 0 Å². The first-order valence-corrected chi connectivity index (χ1v) is 14.4. The lowest BCUT2D eigenvalue weighted by Gasteiger charge is -2.28. The number of fused-ring (bicyclic) bond motifs is 1. The zero-order valence-electron chi connectivity index (χ0n) is 22.8. The van der Waals surface area contributed by atoms with Gasteiger partial charge in [0.25, 0.3) is 0 Å². The fourth-order valence-corrected chi connectivity index (χ4v) is 5.89. The van der Waals surface area contributed by atoms with Crippen molar-refractivity contribution in [3.8, 4) is 5.75 Å². The van der Waals surface area contributed by atoms with Crippen LogP contribution in [0.2, 0.25) is 5.02 Å². The molecule has 0 aliphatic carbocycles. The number of aromatic nitrogens is 3. The number of aliphatic hydroxyl groups is 1. The predicted molar refractivity (Wildman–Crippen MR) is 157 cm³/mol. The van der Waals surface area contributed by atoms with Crippen LogP contribution in [0.15, 0.2) is 48.5 Å². The molecular formula is C30H29ClF2N4O4S. The highest BCUT2D eigenvalue weighted by Crippen LogP contribution is 2.31.